The zero-order valence-corrected chi connectivity index (χ0v) is 11.6. The number of hydrogen-bond donors (Lipinski definition) is 0. The summed E-state index contributed by atoms with van der Waals surface area (Å²) >= 11 is 1.70. The highest BCUT2D eigenvalue weighted by Crippen LogP contribution is 2.34. The largest absolute Gasteiger partial charge is 0.308 e. The predicted octanol–water partition coefficient (Wildman–Crippen LogP) is 1.51. The summed E-state index contributed by atoms with van der Waals surface area (Å²) in [5, 5.41) is 0.883. The molecule has 0 bridgehead atoms. The summed E-state index contributed by atoms with van der Waals surface area (Å²) in [6.07, 6.45) is 5.04. The second kappa shape index (κ2) is 4.48. The van der Waals surface area contributed by atoms with Crippen molar-refractivity contribution in [3.8, 4) is 0 Å². The highest BCUT2D eigenvalue weighted by atomic mass is 32.1. The Morgan fingerprint density at radius 1 is 1.44 bits per heavy atom. The Bertz CT molecular complexity index is 641. The van der Waals surface area contributed by atoms with Crippen LogP contribution in [0.5, 0.6) is 0 Å². The van der Waals surface area contributed by atoms with Crippen molar-refractivity contribution in [1.29, 1.82) is 0 Å². The van der Waals surface area contributed by atoms with E-state index in [4.69, 9.17) is 0 Å². The molecule has 0 N–H and O–H groups in total. The number of aromatic nitrogens is 2. The minimum absolute atomic E-state index is 0.140. The molecule has 1 aliphatic carbocycles. The van der Waals surface area contributed by atoms with Gasteiger partial charge in [0.05, 0.1) is 11.7 Å². The zero-order valence-electron chi connectivity index (χ0n) is 10.8. The third-order valence-corrected chi connectivity index (χ3v) is 4.68. The molecular formula is C13H17N3OS. The van der Waals surface area contributed by atoms with Crippen molar-refractivity contribution in [3.05, 3.63) is 27.1 Å². The van der Waals surface area contributed by atoms with E-state index in [2.05, 4.69) is 9.88 Å². The fourth-order valence-corrected chi connectivity index (χ4v) is 3.71. The first-order valence-electron chi connectivity index (χ1n) is 6.31. The summed E-state index contributed by atoms with van der Waals surface area (Å²) in [6, 6.07) is 0. The smallest absolute Gasteiger partial charge is 0.262 e. The molecule has 3 rings (SSSR count). The van der Waals surface area contributed by atoms with Crippen LogP contribution in [0.3, 0.4) is 0 Å². The number of hydrogen-bond acceptors (Lipinski definition) is 4. The van der Waals surface area contributed by atoms with E-state index >= 15 is 0 Å². The highest BCUT2D eigenvalue weighted by Gasteiger charge is 2.21. The lowest BCUT2D eigenvalue weighted by atomic mass is 10.2. The van der Waals surface area contributed by atoms with Gasteiger partial charge in [0.1, 0.15) is 4.83 Å². The van der Waals surface area contributed by atoms with Gasteiger partial charge in [0.2, 0.25) is 0 Å². The second-order valence-corrected chi connectivity index (χ2v) is 6.17. The Labute approximate surface area is 110 Å². The van der Waals surface area contributed by atoms with Gasteiger partial charge >= 0.3 is 0 Å². The molecule has 2 heterocycles. The Morgan fingerprint density at radius 3 is 3.06 bits per heavy atom. The Hall–Kier alpha value is -1.20. The van der Waals surface area contributed by atoms with Crippen LogP contribution in [0.15, 0.2) is 11.1 Å². The quantitative estimate of drug-likeness (QED) is 0.842. The van der Waals surface area contributed by atoms with Gasteiger partial charge in [0.25, 0.3) is 5.56 Å². The van der Waals surface area contributed by atoms with Crippen LogP contribution in [0.1, 0.15) is 16.9 Å². The van der Waals surface area contributed by atoms with E-state index in [9.17, 15) is 4.79 Å². The molecule has 0 aliphatic heterocycles. The first kappa shape index (κ1) is 11.9. The summed E-state index contributed by atoms with van der Waals surface area (Å²) in [6.45, 7) is 1.57. The maximum Gasteiger partial charge on any atom is 0.262 e. The van der Waals surface area contributed by atoms with E-state index < -0.39 is 0 Å². The van der Waals surface area contributed by atoms with Gasteiger partial charge in [-0.15, -0.1) is 11.3 Å². The predicted molar refractivity (Wildman–Crippen MR) is 74.5 cm³/mol. The molecule has 96 valence electrons. The maximum atomic E-state index is 12.5. The van der Waals surface area contributed by atoms with Crippen LogP contribution in [0.4, 0.5) is 0 Å². The van der Waals surface area contributed by atoms with E-state index in [1.165, 1.54) is 16.9 Å². The molecule has 0 spiro atoms. The van der Waals surface area contributed by atoms with Crippen LogP contribution in [0.2, 0.25) is 0 Å². The zero-order chi connectivity index (χ0) is 12.7. The number of thiophene rings is 1. The van der Waals surface area contributed by atoms with Gasteiger partial charge < -0.3 is 4.90 Å². The van der Waals surface area contributed by atoms with Crippen LogP contribution < -0.4 is 5.56 Å². The molecule has 0 atom stereocenters. The van der Waals surface area contributed by atoms with Crippen LogP contribution in [-0.2, 0) is 19.4 Å². The average Bonchev–Trinajstić information content (AvgIpc) is 2.87. The summed E-state index contributed by atoms with van der Waals surface area (Å²) in [5.74, 6) is 0. The normalized spacial score (nSPS) is 14.6. The van der Waals surface area contributed by atoms with Crippen molar-refractivity contribution in [2.24, 2.45) is 0 Å². The number of fused-ring (bicyclic) bond motifs is 3. The minimum Gasteiger partial charge on any atom is -0.308 e. The maximum absolute atomic E-state index is 12.5. The molecule has 0 unspecified atom stereocenters. The molecule has 2 aromatic rings. The highest BCUT2D eigenvalue weighted by molar-refractivity contribution is 7.18. The topological polar surface area (TPSA) is 38.1 Å². The van der Waals surface area contributed by atoms with E-state index in [0.29, 0.717) is 6.54 Å². The number of likely N-dealkylation sites (N-methyl/N-ethyl adjacent to an activating group) is 1. The van der Waals surface area contributed by atoms with Crippen LogP contribution in [0, 0.1) is 0 Å². The Morgan fingerprint density at radius 2 is 2.28 bits per heavy atom. The fourth-order valence-electron chi connectivity index (χ4n) is 2.49. The van der Waals surface area contributed by atoms with Gasteiger partial charge in [0, 0.05) is 18.0 Å². The third kappa shape index (κ3) is 1.87. The minimum atomic E-state index is 0.140. The molecule has 0 fully saturated rings. The molecule has 0 saturated carbocycles. The van der Waals surface area contributed by atoms with Crippen LogP contribution >= 0.6 is 11.3 Å². The summed E-state index contributed by atoms with van der Waals surface area (Å²) in [4.78, 5) is 21.3. The van der Waals surface area contributed by atoms with Gasteiger partial charge in [-0.1, -0.05) is 0 Å². The molecule has 18 heavy (non-hydrogen) atoms. The first-order chi connectivity index (χ1) is 8.66. The van der Waals surface area contributed by atoms with Crippen molar-refractivity contribution in [1.82, 2.24) is 14.5 Å². The first-order valence-corrected chi connectivity index (χ1v) is 7.13. The lowest BCUT2D eigenvalue weighted by Gasteiger charge is -2.10. The molecule has 0 saturated heterocycles. The van der Waals surface area contributed by atoms with Gasteiger partial charge in [-0.2, -0.15) is 0 Å². The van der Waals surface area contributed by atoms with Crippen molar-refractivity contribution in [2.75, 3.05) is 20.6 Å². The molecule has 1 aliphatic rings. The van der Waals surface area contributed by atoms with Crippen molar-refractivity contribution >= 4 is 21.6 Å². The number of rotatable bonds is 3. The summed E-state index contributed by atoms with van der Waals surface area (Å²) in [7, 11) is 4.03. The summed E-state index contributed by atoms with van der Waals surface area (Å²) in [5.41, 5.74) is 1.41. The number of nitrogens with zero attached hydrogens (tertiary/aromatic N) is 3. The Balaban J connectivity index is 2.08. The van der Waals surface area contributed by atoms with Crippen LogP contribution in [-0.4, -0.2) is 35.1 Å². The van der Waals surface area contributed by atoms with E-state index in [1.807, 2.05) is 14.1 Å². The van der Waals surface area contributed by atoms with Crippen molar-refractivity contribution < 1.29 is 0 Å². The van der Waals surface area contributed by atoms with Gasteiger partial charge in [-0.25, -0.2) is 4.98 Å². The third-order valence-electron chi connectivity index (χ3n) is 3.48. The van der Waals surface area contributed by atoms with E-state index in [0.717, 1.165) is 29.6 Å². The molecule has 0 radical (unpaired) electrons. The van der Waals surface area contributed by atoms with Crippen LogP contribution in [0.25, 0.3) is 10.2 Å². The fraction of sp³-hybridized carbons (Fsp3) is 0.538. The molecule has 5 heteroatoms. The molecule has 2 aromatic heterocycles. The van der Waals surface area contributed by atoms with Crippen molar-refractivity contribution in [3.63, 3.8) is 0 Å². The Kier molecular flexibility index (Phi) is 2.95. The lowest BCUT2D eigenvalue weighted by molar-refractivity contribution is 0.380. The molecule has 4 nitrogen and oxygen atoms in total. The van der Waals surface area contributed by atoms with E-state index in [1.54, 1.807) is 22.2 Å². The molecule has 0 aromatic carbocycles. The standard InChI is InChI=1S/C13H17N3OS/c1-15(2)6-7-16-8-14-12-11(13(16)17)9-4-3-5-10(9)18-12/h8H,3-7H2,1-2H3. The number of aryl methyl sites for hydroxylation is 2. The second-order valence-electron chi connectivity index (χ2n) is 5.08. The summed E-state index contributed by atoms with van der Waals surface area (Å²) < 4.78 is 1.74. The van der Waals surface area contributed by atoms with E-state index in [-0.39, 0.29) is 5.56 Å². The van der Waals surface area contributed by atoms with Gasteiger partial charge in [-0.3, -0.25) is 9.36 Å². The van der Waals surface area contributed by atoms with Gasteiger partial charge in [-0.05, 0) is 38.9 Å². The lowest BCUT2D eigenvalue weighted by Crippen LogP contribution is -2.26. The average molecular weight is 263 g/mol. The molecule has 0 amide bonds. The van der Waals surface area contributed by atoms with Gasteiger partial charge in [0.15, 0.2) is 0 Å². The molecular weight excluding hydrogens is 246 g/mol. The van der Waals surface area contributed by atoms with Crippen molar-refractivity contribution in [2.45, 2.75) is 25.8 Å². The SMILES string of the molecule is CN(C)CCn1cnc2sc3c(c2c1=O)CCC3. The monoisotopic (exact) mass is 263 g/mol.